The molecule has 0 amide bonds. The van der Waals surface area contributed by atoms with Gasteiger partial charge in [-0.3, -0.25) is 5.41 Å². The summed E-state index contributed by atoms with van der Waals surface area (Å²) >= 11 is 12.3. The lowest BCUT2D eigenvalue weighted by Gasteiger charge is -2.11. The summed E-state index contributed by atoms with van der Waals surface area (Å²) in [6.45, 7) is 0. The van der Waals surface area contributed by atoms with Crippen molar-refractivity contribution in [3.05, 3.63) is 55.7 Å². The maximum absolute atomic E-state index is 14.1. The number of hydrogen-bond acceptors (Lipinski definition) is 2. The van der Waals surface area contributed by atoms with Crippen molar-refractivity contribution in [2.75, 3.05) is 0 Å². The SMILES string of the molecule is N=C(N)c1ccc(Oc2ccc(Br)cc2Cl)c(F)c1Br. The van der Waals surface area contributed by atoms with Crippen LogP contribution in [0.15, 0.2) is 39.3 Å². The Balaban J connectivity index is 2.39. The Kier molecular flexibility index (Phi) is 4.67. The van der Waals surface area contributed by atoms with E-state index in [1.165, 1.54) is 12.1 Å². The van der Waals surface area contributed by atoms with E-state index in [4.69, 9.17) is 27.5 Å². The highest BCUT2D eigenvalue weighted by Gasteiger charge is 2.15. The second-order valence-electron chi connectivity index (χ2n) is 3.83. The molecule has 0 spiro atoms. The van der Waals surface area contributed by atoms with Gasteiger partial charge in [-0.05, 0) is 46.3 Å². The van der Waals surface area contributed by atoms with E-state index in [2.05, 4.69) is 31.9 Å². The monoisotopic (exact) mass is 420 g/mol. The largest absolute Gasteiger partial charge is 0.453 e. The first-order valence-corrected chi connectivity index (χ1v) is 7.32. The third kappa shape index (κ3) is 3.13. The van der Waals surface area contributed by atoms with Crippen LogP contribution in [0, 0.1) is 11.2 Å². The van der Waals surface area contributed by atoms with Gasteiger partial charge in [-0.15, -0.1) is 0 Å². The molecular weight excluding hydrogens is 414 g/mol. The second kappa shape index (κ2) is 6.11. The van der Waals surface area contributed by atoms with E-state index < -0.39 is 5.82 Å². The minimum absolute atomic E-state index is 0.00824. The Morgan fingerprint density at radius 2 is 1.85 bits per heavy atom. The molecule has 0 unspecified atom stereocenters. The molecular formula is C13H8Br2ClFN2O. The van der Waals surface area contributed by atoms with Crippen LogP contribution in [0.1, 0.15) is 5.56 Å². The molecule has 0 aliphatic heterocycles. The van der Waals surface area contributed by atoms with Gasteiger partial charge in [0.05, 0.1) is 9.50 Å². The van der Waals surface area contributed by atoms with E-state index in [0.29, 0.717) is 10.8 Å². The summed E-state index contributed by atoms with van der Waals surface area (Å²) in [7, 11) is 0. The number of amidine groups is 1. The van der Waals surface area contributed by atoms with Gasteiger partial charge in [0, 0.05) is 10.0 Å². The molecule has 0 aromatic heterocycles. The fourth-order valence-electron chi connectivity index (χ4n) is 1.50. The summed E-state index contributed by atoms with van der Waals surface area (Å²) < 4.78 is 20.5. The van der Waals surface area contributed by atoms with Gasteiger partial charge >= 0.3 is 0 Å². The summed E-state index contributed by atoms with van der Waals surface area (Å²) in [5, 5.41) is 7.69. The third-order valence-electron chi connectivity index (χ3n) is 2.45. The van der Waals surface area contributed by atoms with Crippen molar-refractivity contribution in [3.8, 4) is 11.5 Å². The normalized spacial score (nSPS) is 10.4. The molecule has 0 saturated carbocycles. The lowest BCUT2D eigenvalue weighted by Crippen LogP contribution is -2.12. The highest BCUT2D eigenvalue weighted by atomic mass is 79.9. The lowest BCUT2D eigenvalue weighted by atomic mass is 10.2. The van der Waals surface area contributed by atoms with Crippen molar-refractivity contribution in [3.63, 3.8) is 0 Å². The van der Waals surface area contributed by atoms with E-state index >= 15 is 0 Å². The first-order valence-electron chi connectivity index (χ1n) is 5.35. The average Bonchev–Trinajstić information content (AvgIpc) is 2.37. The quantitative estimate of drug-likeness (QED) is 0.535. The smallest absolute Gasteiger partial charge is 0.180 e. The van der Waals surface area contributed by atoms with Gasteiger partial charge in [-0.25, -0.2) is 4.39 Å². The number of nitrogen functional groups attached to an aromatic ring is 1. The molecule has 2 aromatic carbocycles. The first-order chi connectivity index (χ1) is 9.40. The molecule has 2 aromatic rings. The molecule has 0 fully saturated rings. The maximum Gasteiger partial charge on any atom is 0.180 e. The summed E-state index contributed by atoms with van der Waals surface area (Å²) in [6, 6.07) is 7.90. The van der Waals surface area contributed by atoms with E-state index in [9.17, 15) is 4.39 Å². The van der Waals surface area contributed by atoms with E-state index in [1.807, 2.05) is 0 Å². The van der Waals surface area contributed by atoms with Crippen molar-refractivity contribution in [1.29, 1.82) is 5.41 Å². The Morgan fingerprint density at radius 1 is 1.20 bits per heavy atom. The number of halogens is 4. The number of nitrogens with one attached hydrogen (secondary N) is 1. The number of hydrogen-bond donors (Lipinski definition) is 2. The van der Waals surface area contributed by atoms with Crippen molar-refractivity contribution < 1.29 is 9.13 Å². The first kappa shape index (κ1) is 15.3. The van der Waals surface area contributed by atoms with Crippen LogP contribution in [-0.2, 0) is 0 Å². The van der Waals surface area contributed by atoms with Gasteiger partial charge in [-0.2, -0.15) is 0 Å². The Morgan fingerprint density at radius 3 is 2.45 bits per heavy atom. The molecule has 0 atom stereocenters. The highest BCUT2D eigenvalue weighted by molar-refractivity contribution is 9.10. The topological polar surface area (TPSA) is 59.1 Å². The molecule has 0 aliphatic rings. The fraction of sp³-hybridized carbons (Fsp3) is 0. The van der Waals surface area contributed by atoms with Gasteiger partial charge in [-0.1, -0.05) is 27.5 Å². The summed E-state index contributed by atoms with van der Waals surface area (Å²) in [5.41, 5.74) is 5.61. The van der Waals surface area contributed by atoms with Crippen LogP contribution in [0.2, 0.25) is 5.02 Å². The van der Waals surface area contributed by atoms with Gasteiger partial charge < -0.3 is 10.5 Å². The van der Waals surface area contributed by atoms with Gasteiger partial charge in [0.25, 0.3) is 0 Å². The van der Waals surface area contributed by atoms with E-state index in [1.54, 1.807) is 18.2 Å². The lowest BCUT2D eigenvalue weighted by molar-refractivity contribution is 0.440. The van der Waals surface area contributed by atoms with Crippen LogP contribution < -0.4 is 10.5 Å². The number of nitrogens with two attached hydrogens (primary N) is 1. The predicted molar refractivity (Wildman–Crippen MR) is 84.3 cm³/mol. The second-order valence-corrected chi connectivity index (χ2v) is 5.95. The summed E-state index contributed by atoms with van der Waals surface area (Å²) in [4.78, 5) is 0. The zero-order chi connectivity index (χ0) is 14.9. The maximum atomic E-state index is 14.1. The van der Waals surface area contributed by atoms with Crippen molar-refractivity contribution in [2.45, 2.75) is 0 Å². The van der Waals surface area contributed by atoms with Crippen LogP contribution >= 0.6 is 43.5 Å². The Labute approximate surface area is 136 Å². The summed E-state index contributed by atoms with van der Waals surface area (Å²) in [5.74, 6) is -0.553. The van der Waals surface area contributed by atoms with Crippen LogP contribution in [0.3, 0.4) is 0 Å². The standard InChI is InChI=1S/C13H8Br2ClFN2O/c14-6-1-3-9(8(16)5-6)20-10-4-2-7(13(18)19)11(15)12(10)17/h1-5H,(H3,18,19). The minimum Gasteiger partial charge on any atom is -0.453 e. The van der Waals surface area contributed by atoms with Crippen molar-refractivity contribution in [2.24, 2.45) is 5.73 Å². The molecule has 0 heterocycles. The Hall–Kier alpha value is -1.11. The van der Waals surface area contributed by atoms with Crippen LogP contribution in [-0.4, -0.2) is 5.84 Å². The predicted octanol–water partition coefficient (Wildman–Crippen LogP) is 5.08. The molecule has 20 heavy (non-hydrogen) atoms. The number of rotatable bonds is 3. The van der Waals surface area contributed by atoms with Gasteiger partial charge in [0.2, 0.25) is 0 Å². The fourth-order valence-corrected chi connectivity index (χ4v) is 2.75. The highest BCUT2D eigenvalue weighted by Crippen LogP contribution is 2.35. The molecule has 0 bridgehead atoms. The molecule has 0 aliphatic carbocycles. The van der Waals surface area contributed by atoms with E-state index in [0.717, 1.165) is 4.47 Å². The third-order valence-corrected chi connectivity index (χ3v) is 4.01. The molecule has 0 saturated heterocycles. The van der Waals surface area contributed by atoms with Crippen LogP contribution in [0.5, 0.6) is 11.5 Å². The van der Waals surface area contributed by atoms with Crippen LogP contribution in [0.25, 0.3) is 0 Å². The molecule has 0 radical (unpaired) electrons. The summed E-state index contributed by atoms with van der Waals surface area (Å²) in [6.07, 6.45) is 0. The van der Waals surface area contributed by atoms with Crippen LogP contribution in [0.4, 0.5) is 4.39 Å². The van der Waals surface area contributed by atoms with Gasteiger partial charge in [0.15, 0.2) is 11.6 Å². The zero-order valence-corrected chi connectivity index (χ0v) is 13.8. The molecule has 7 heteroatoms. The average molecular weight is 422 g/mol. The Bertz CT molecular complexity index is 694. The molecule has 104 valence electrons. The van der Waals surface area contributed by atoms with Gasteiger partial charge in [0.1, 0.15) is 11.6 Å². The van der Waals surface area contributed by atoms with E-state index in [-0.39, 0.29) is 21.6 Å². The molecule has 3 nitrogen and oxygen atoms in total. The number of benzene rings is 2. The minimum atomic E-state index is -0.642. The van der Waals surface area contributed by atoms with Crippen molar-refractivity contribution in [1.82, 2.24) is 0 Å². The number of ether oxygens (including phenoxy) is 1. The van der Waals surface area contributed by atoms with Crippen molar-refractivity contribution >= 4 is 49.3 Å². The molecule has 2 rings (SSSR count). The molecule has 3 N–H and O–H groups in total. The zero-order valence-electron chi connectivity index (χ0n) is 9.88.